The zero-order chi connectivity index (χ0) is 21.4. The fraction of sp³-hybridized carbons (Fsp3) is 0.667. The van der Waals surface area contributed by atoms with E-state index in [1.165, 1.54) is 5.56 Å². The Morgan fingerprint density at radius 2 is 1.94 bits per heavy atom. The van der Waals surface area contributed by atoms with Crippen molar-refractivity contribution in [2.75, 3.05) is 26.4 Å². The fourth-order valence-corrected chi connectivity index (χ4v) is 5.79. The highest BCUT2D eigenvalue weighted by molar-refractivity contribution is 5.81. The van der Waals surface area contributed by atoms with Crippen molar-refractivity contribution in [1.82, 2.24) is 10.2 Å². The van der Waals surface area contributed by atoms with Crippen molar-refractivity contribution in [3.63, 3.8) is 0 Å². The van der Waals surface area contributed by atoms with Crippen LogP contribution >= 0.6 is 0 Å². The number of rotatable bonds is 0. The standard InChI is InChI=1S/C24H32N2O5/c1-16-12-23(28)26-11-10-24(15-29-14-22(27)25-24)21(26)13-30-18-8-6-17(7-9-18)19-4-2-3-5-20(19)31-16/h2-5,16-18,21H,6-15H2,1H3,(H,25,27)/t16-,17-,18+,21+,24-/m1/s1. The largest absolute Gasteiger partial charge is 0.490 e. The van der Waals surface area contributed by atoms with E-state index in [-0.39, 0.29) is 36.7 Å². The number of morpholine rings is 1. The predicted octanol–water partition coefficient (Wildman–Crippen LogP) is 2.39. The lowest BCUT2D eigenvalue weighted by atomic mass is 9.82. The van der Waals surface area contributed by atoms with Gasteiger partial charge >= 0.3 is 0 Å². The minimum absolute atomic E-state index is 0.0393. The van der Waals surface area contributed by atoms with E-state index in [0.29, 0.717) is 38.5 Å². The first-order chi connectivity index (χ1) is 15.0. The highest BCUT2D eigenvalue weighted by atomic mass is 16.5. The molecule has 1 aromatic rings. The van der Waals surface area contributed by atoms with Crippen molar-refractivity contribution >= 4 is 11.8 Å². The van der Waals surface area contributed by atoms with E-state index < -0.39 is 5.54 Å². The van der Waals surface area contributed by atoms with Crippen molar-refractivity contribution in [3.8, 4) is 5.75 Å². The molecule has 5 aliphatic rings. The molecular weight excluding hydrogens is 396 g/mol. The molecule has 1 spiro atoms. The number of carbonyl (C=O) groups excluding carboxylic acids is 2. The molecule has 31 heavy (non-hydrogen) atoms. The van der Waals surface area contributed by atoms with Gasteiger partial charge in [-0.15, -0.1) is 0 Å². The zero-order valence-electron chi connectivity index (χ0n) is 18.2. The SMILES string of the molecule is C[C@@H]1CC(=O)N2CC[C@@]3(COCC(=O)N3)[C@@H]2CO[C@H]2CC[C@H](CC2)c2ccccc2O1. The third-order valence-electron chi connectivity index (χ3n) is 7.43. The molecule has 6 rings (SSSR count). The lowest BCUT2D eigenvalue weighted by Gasteiger charge is -2.42. The number of ether oxygens (including phenoxy) is 3. The summed E-state index contributed by atoms with van der Waals surface area (Å²) in [6, 6.07) is 8.03. The average molecular weight is 429 g/mol. The summed E-state index contributed by atoms with van der Waals surface area (Å²) in [7, 11) is 0. The van der Waals surface area contributed by atoms with Gasteiger partial charge in [0.05, 0.1) is 37.3 Å². The Kier molecular flexibility index (Phi) is 5.65. The number of hydrogen-bond acceptors (Lipinski definition) is 5. The molecule has 0 radical (unpaired) electrons. The summed E-state index contributed by atoms with van der Waals surface area (Å²) in [6.07, 6.45) is 5.04. The van der Waals surface area contributed by atoms with Crippen molar-refractivity contribution in [3.05, 3.63) is 29.8 Å². The molecule has 2 saturated heterocycles. The number of nitrogens with zero attached hydrogens (tertiary/aromatic N) is 1. The van der Waals surface area contributed by atoms with Crippen LogP contribution in [0.5, 0.6) is 5.75 Å². The molecule has 7 nitrogen and oxygen atoms in total. The minimum Gasteiger partial charge on any atom is -0.490 e. The average Bonchev–Trinajstić information content (AvgIpc) is 3.09. The van der Waals surface area contributed by atoms with E-state index in [1.54, 1.807) is 0 Å². The molecule has 3 fully saturated rings. The van der Waals surface area contributed by atoms with Crippen LogP contribution in [0.4, 0.5) is 0 Å². The first kappa shape index (κ1) is 20.8. The fourth-order valence-electron chi connectivity index (χ4n) is 5.79. The Morgan fingerprint density at radius 3 is 2.74 bits per heavy atom. The van der Waals surface area contributed by atoms with Crippen LogP contribution in [0.3, 0.4) is 0 Å². The summed E-state index contributed by atoms with van der Waals surface area (Å²) in [5.41, 5.74) is 0.688. The predicted molar refractivity (Wildman–Crippen MR) is 114 cm³/mol. The summed E-state index contributed by atoms with van der Waals surface area (Å²) in [4.78, 5) is 27.3. The third-order valence-corrected chi connectivity index (χ3v) is 7.43. The van der Waals surface area contributed by atoms with Gasteiger partial charge in [-0.05, 0) is 56.6 Å². The molecule has 1 aromatic carbocycles. The lowest BCUT2D eigenvalue weighted by Crippen LogP contribution is -2.65. The van der Waals surface area contributed by atoms with Crippen LogP contribution in [-0.4, -0.2) is 66.9 Å². The summed E-state index contributed by atoms with van der Waals surface area (Å²) in [5, 5.41) is 3.14. The summed E-state index contributed by atoms with van der Waals surface area (Å²) < 4.78 is 18.3. The number of carbonyl (C=O) groups is 2. The molecule has 3 atom stereocenters. The molecule has 1 saturated carbocycles. The van der Waals surface area contributed by atoms with Gasteiger partial charge in [-0.3, -0.25) is 9.59 Å². The van der Waals surface area contributed by atoms with Crippen LogP contribution in [0, 0.1) is 0 Å². The second-order valence-corrected chi connectivity index (χ2v) is 9.53. The molecule has 1 N–H and O–H groups in total. The third kappa shape index (κ3) is 4.05. The molecule has 7 heteroatoms. The molecule has 2 amide bonds. The molecule has 4 aliphatic heterocycles. The molecule has 0 unspecified atom stereocenters. The Balaban J connectivity index is 1.43. The number of amides is 2. The maximum Gasteiger partial charge on any atom is 0.246 e. The zero-order valence-corrected chi connectivity index (χ0v) is 18.2. The lowest BCUT2D eigenvalue weighted by molar-refractivity contribution is -0.144. The van der Waals surface area contributed by atoms with Crippen LogP contribution in [0.2, 0.25) is 0 Å². The number of para-hydroxylation sites is 1. The number of hydrogen-bond donors (Lipinski definition) is 1. The van der Waals surface area contributed by atoms with Gasteiger partial charge in [0.2, 0.25) is 11.8 Å². The van der Waals surface area contributed by atoms with Gasteiger partial charge in [-0.1, -0.05) is 18.2 Å². The summed E-state index contributed by atoms with van der Waals surface area (Å²) in [5.74, 6) is 1.28. The van der Waals surface area contributed by atoms with E-state index in [9.17, 15) is 9.59 Å². The Morgan fingerprint density at radius 1 is 1.13 bits per heavy atom. The first-order valence-electron chi connectivity index (χ1n) is 11.6. The monoisotopic (exact) mass is 428 g/mol. The summed E-state index contributed by atoms with van der Waals surface area (Å²) >= 11 is 0. The molecule has 2 bridgehead atoms. The molecular formula is C24H32N2O5. The molecule has 1 aliphatic carbocycles. The van der Waals surface area contributed by atoms with Crippen molar-refractivity contribution in [2.24, 2.45) is 0 Å². The first-order valence-corrected chi connectivity index (χ1v) is 11.6. The normalized spacial score (nSPS) is 36.4. The topological polar surface area (TPSA) is 77.1 Å². The van der Waals surface area contributed by atoms with Crippen molar-refractivity contribution in [2.45, 2.75) is 75.2 Å². The Bertz CT molecular complexity index is 837. The van der Waals surface area contributed by atoms with Gasteiger partial charge in [0, 0.05) is 6.54 Å². The highest BCUT2D eigenvalue weighted by Gasteiger charge is 2.52. The molecule has 168 valence electrons. The quantitative estimate of drug-likeness (QED) is 0.687. The van der Waals surface area contributed by atoms with E-state index in [2.05, 4.69) is 17.4 Å². The summed E-state index contributed by atoms with van der Waals surface area (Å²) in [6.45, 7) is 3.48. The number of fused-ring (bicyclic) bond motifs is 6. The second-order valence-electron chi connectivity index (χ2n) is 9.53. The van der Waals surface area contributed by atoms with Gasteiger partial charge in [0.15, 0.2) is 0 Å². The maximum absolute atomic E-state index is 13.3. The molecule has 4 heterocycles. The van der Waals surface area contributed by atoms with Crippen LogP contribution < -0.4 is 10.1 Å². The number of benzene rings is 1. The highest BCUT2D eigenvalue weighted by Crippen LogP contribution is 2.40. The van der Waals surface area contributed by atoms with Gasteiger partial charge in [-0.25, -0.2) is 0 Å². The van der Waals surface area contributed by atoms with E-state index in [0.717, 1.165) is 31.4 Å². The van der Waals surface area contributed by atoms with Gasteiger partial charge in [0.1, 0.15) is 18.5 Å². The van der Waals surface area contributed by atoms with E-state index in [4.69, 9.17) is 14.2 Å². The maximum atomic E-state index is 13.3. The van der Waals surface area contributed by atoms with Gasteiger partial charge in [0.25, 0.3) is 0 Å². The van der Waals surface area contributed by atoms with E-state index >= 15 is 0 Å². The van der Waals surface area contributed by atoms with Gasteiger partial charge in [-0.2, -0.15) is 0 Å². The van der Waals surface area contributed by atoms with Gasteiger partial charge < -0.3 is 24.4 Å². The number of nitrogens with one attached hydrogen (secondary N) is 1. The van der Waals surface area contributed by atoms with Crippen molar-refractivity contribution in [1.29, 1.82) is 0 Å². The van der Waals surface area contributed by atoms with Crippen LogP contribution in [0.15, 0.2) is 24.3 Å². The van der Waals surface area contributed by atoms with Crippen LogP contribution in [0.1, 0.15) is 56.9 Å². The van der Waals surface area contributed by atoms with Crippen LogP contribution in [-0.2, 0) is 19.1 Å². The Hall–Kier alpha value is -2.12. The van der Waals surface area contributed by atoms with Crippen LogP contribution in [0.25, 0.3) is 0 Å². The minimum atomic E-state index is -0.560. The van der Waals surface area contributed by atoms with E-state index in [1.807, 2.05) is 24.0 Å². The van der Waals surface area contributed by atoms with Crippen molar-refractivity contribution < 1.29 is 23.8 Å². The Labute approximate surface area is 183 Å². The smallest absolute Gasteiger partial charge is 0.246 e. The second kappa shape index (κ2) is 8.43. The molecule has 0 aromatic heterocycles.